The van der Waals surface area contributed by atoms with Gasteiger partial charge in [0.25, 0.3) is 0 Å². The van der Waals surface area contributed by atoms with Crippen LogP contribution in [0.25, 0.3) is 0 Å². The van der Waals surface area contributed by atoms with Crippen LogP contribution in [0.2, 0.25) is 0 Å². The van der Waals surface area contributed by atoms with Gasteiger partial charge in [-0.25, -0.2) is 0 Å². The van der Waals surface area contributed by atoms with Crippen molar-refractivity contribution in [2.45, 2.75) is 45.1 Å². The van der Waals surface area contributed by atoms with E-state index in [4.69, 9.17) is 4.74 Å². The summed E-state index contributed by atoms with van der Waals surface area (Å²) in [5, 5.41) is 17.6. The number of carbonyl (C=O) groups excluding carboxylic acids is 1. The van der Waals surface area contributed by atoms with Crippen LogP contribution in [0.15, 0.2) is 76.4 Å². The van der Waals surface area contributed by atoms with Gasteiger partial charge in [0, 0.05) is 17.7 Å². The summed E-state index contributed by atoms with van der Waals surface area (Å²) in [7, 11) is 0. The second-order valence-corrected chi connectivity index (χ2v) is 9.90. The maximum atomic E-state index is 13.8. The SMILES string of the molecule is CCOc1cc(C2Nc3ccccc3NC3=C2C(=O)CC(c2ccc(CC)cc2)C3)cc(Br)c1O. The summed E-state index contributed by atoms with van der Waals surface area (Å²) >= 11 is 3.47. The minimum atomic E-state index is -0.381. The summed E-state index contributed by atoms with van der Waals surface area (Å²) < 4.78 is 6.21. The van der Waals surface area contributed by atoms with E-state index in [0.29, 0.717) is 23.2 Å². The van der Waals surface area contributed by atoms with Crippen molar-refractivity contribution in [3.05, 3.63) is 93.1 Å². The van der Waals surface area contributed by atoms with Crippen molar-refractivity contribution < 1.29 is 14.6 Å². The number of carbonyl (C=O) groups is 1. The number of fused-ring (bicyclic) bond motifs is 1. The maximum absolute atomic E-state index is 13.8. The first kappa shape index (κ1) is 23.5. The Morgan fingerprint density at radius 2 is 1.74 bits per heavy atom. The van der Waals surface area contributed by atoms with Gasteiger partial charge in [0.15, 0.2) is 17.3 Å². The van der Waals surface area contributed by atoms with E-state index in [1.54, 1.807) is 0 Å². The summed E-state index contributed by atoms with van der Waals surface area (Å²) in [5.41, 5.74) is 6.88. The van der Waals surface area contributed by atoms with Crippen molar-refractivity contribution in [3.8, 4) is 11.5 Å². The van der Waals surface area contributed by atoms with Gasteiger partial charge < -0.3 is 20.5 Å². The molecule has 0 saturated carbocycles. The number of allylic oxidation sites excluding steroid dienone is 1. The van der Waals surface area contributed by atoms with Crippen LogP contribution >= 0.6 is 15.9 Å². The highest BCUT2D eigenvalue weighted by atomic mass is 79.9. The van der Waals surface area contributed by atoms with E-state index in [-0.39, 0.29) is 23.5 Å². The third-order valence-corrected chi connectivity index (χ3v) is 7.46. The standard InChI is InChI=1S/C29H29BrN2O3/c1-3-17-9-11-18(12-10-17)19-14-24-27(25(33)15-19)28(32-23-8-6-5-7-22(23)31-24)20-13-21(30)29(34)26(16-20)35-4-2/h5-13,16,19,28,31-32,34H,3-4,14-15H2,1-2H3. The number of nitrogens with one attached hydrogen (secondary N) is 2. The summed E-state index contributed by atoms with van der Waals surface area (Å²) in [6.07, 6.45) is 2.20. The second-order valence-electron chi connectivity index (χ2n) is 9.05. The fourth-order valence-corrected chi connectivity index (χ4v) is 5.49. The van der Waals surface area contributed by atoms with E-state index < -0.39 is 0 Å². The predicted molar refractivity (Wildman–Crippen MR) is 143 cm³/mol. The van der Waals surface area contributed by atoms with Crippen LogP contribution in [-0.4, -0.2) is 17.5 Å². The van der Waals surface area contributed by atoms with Crippen LogP contribution in [0.1, 0.15) is 55.3 Å². The lowest BCUT2D eigenvalue weighted by Gasteiger charge is -2.30. The summed E-state index contributed by atoms with van der Waals surface area (Å²) in [6.45, 7) is 4.45. The normalized spacial score (nSPS) is 19.2. The Bertz CT molecular complexity index is 1300. The lowest BCUT2D eigenvalue weighted by Crippen LogP contribution is -2.27. The van der Waals surface area contributed by atoms with Crippen LogP contribution in [0.3, 0.4) is 0 Å². The maximum Gasteiger partial charge on any atom is 0.172 e. The highest BCUT2D eigenvalue weighted by Gasteiger charge is 2.36. The zero-order valence-corrected chi connectivity index (χ0v) is 21.5. The highest BCUT2D eigenvalue weighted by molar-refractivity contribution is 9.10. The number of anilines is 2. The molecule has 0 aromatic heterocycles. The number of ketones is 1. The van der Waals surface area contributed by atoms with Crippen LogP contribution in [-0.2, 0) is 11.2 Å². The Labute approximate surface area is 214 Å². The molecule has 5 rings (SSSR count). The molecule has 5 nitrogen and oxygen atoms in total. The molecule has 2 atom stereocenters. The Morgan fingerprint density at radius 3 is 2.46 bits per heavy atom. The third-order valence-electron chi connectivity index (χ3n) is 6.85. The molecule has 3 aromatic rings. The Kier molecular flexibility index (Phi) is 6.56. The molecule has 2 unspecified atom stereocenters. The number of hydrogen-bond donors (Lipinski definition) is 3. The molecule has 2 aliphatic rings. The summed E-state index contributed by atoms with van der Waals surface area (Å²) in [6, 6.07) is 19.9. The van der Waals surface area contributed by atoms with E-state index in [2.05, 4.69) is 57.8 Å². The number of phenols is 1. The first-order valence-corrected chi connectivity index (χ1v) is 12.9. The lowest BCUT2D eigenvalue weighted by atomic mass is 9.78. The number of halogens is 1. The molecule has 0 amide bonds. The molecule has 6 heteroatoms. The smallest absolute Gasteiger partial charge is 0.172 e. The van der Waals surface area contributed by atoms with Gasteiger partial charge in [0.2, 0.25) is 0 Å². The van der Waals surface area contributed by atoms with Gasteiger partial charge in [-0.3, -0.25) is 4.79 Å². The minimum Gasteiger partial charge on any atom is -0.503 e. The number of rotatable bonds is 5. The molecule has 3 N–H and O–H groups in total. The number of benzene rings is 3. The molecule has 0 spiro atoms. The number of Topliss-reactive ketones (excluding diaryl/α,β-unsaturated/α-hetero) is 1. The first-order chi connectivity index (χ1) is 17.0. The van der Waals surface area contributed by atoms with Crippen molar-refractivity contribution in [1.29, 1.82) is 0 Å². The zero-order chi connectivity index (χ0) is 24.5. The summed E-state index contributed by atoms with van der Waals surface area (Å²) in [5.74, 6) is 0.692. The van der Waals surface area contributed by atoms with Gasteiger partial charge in [-0.1, -0.05) is 43.3 Å². The van der Waals surface area contributed by atoms with Crippen molar-refractivity contribution >= 4 is 33.1 Å². The van der Waals surface area contributed by atoms with Gasteiger partial charge >= 0.3 is 0 Å². The van der Waals surface area contributed by atoms with Crippen molar-refractivity contribution in [2.24, 2.45) is 0 Å². The van der Waals surface area contributed by atoms with Gasteiger partial charge in [0.1, 0.15) is 0 Å². The number of phenolic OH excluding ortho intramolecular Hbond substituents is 1. The van der Waals surface area contributed by atoms with E-state index in [1.165, 1.54) is 11.1 Å². The average molecular weight is 533 g/mol. The fourth-order valence-electron chi connectivity index (χ4n) is 5.03. The Morgan fingerprint density at radius 1 is 1.00 bits per heavy atom. The zero-order valence-electron chi connectivity index (χ0n) is 19.9. The molecule has 1 aliphatic carbocycles. The van der Waals surface area contributed by atoms with E-state index in [9.17, 15) is 9.90 Å². The van der Waals surface area contributed by atoms with Crippen LogP contribution < -0.4 is 15.4 Å². The van der Waals surface area contributed by atoms with Gasteiger partial charge in [0.05, 0.1) is 28.5 Å². The molecule has 0 saturated heterocycles. The largest absolute Gasteiger partial charge is 0.503 e. The van der Waals surface area contributed by atoms with Crippen molar-refractivity contribution in [2.75, 3.05) is 17.2 Å². The number of para-hydroxylation sites is 2. The average Bonchev–Trinajstić information content (AvgIpc) is 3.04. The first-order valence-electron chi connectivity index (χ1n) is 12.1. The monoisotopic (exact) mass is 532 g/mol. The van der Waals surface area contributed by atoms with Gasteiger partial charge in [-0.05, 0) is 82.6 Å². The number of hydrogen-bond acceptors (Lipinski definition) is 5. The Balaban J connectivity index is 1.60. The molecule has 3 aromatic carbocycles. The second kappa shape index (κ2) is 9.78. The molecule has 0 bridgehead atoms. The molecular weight excluding hydrogens is 504 g/mol. The molecule has 1 heterocycles. The van der Waals surface area contributed by atoms with Gasteiger partial charge in [-0.2, -0.15) is 0 Å². The topological polar surface area (TPSA) is 70.6 Å². The minimum absolute atomic E-state index is 0.0579. The van der Waals surface area contributed by atoms with E-state index in [1.807, 2.05) is 43.3 Å². The third kappa shape index (κ3) is 4.55. The lowest BCUT2D eigenvalue weighted by molar-refractivity contribution is -0.116. The quantitative estimate of drug-likeness (QED) is 0.327. The molecule has 1 aliphatic heterocycles. The predicted octanol–water partition coefficient (Wildman–Crippen LogP) is 7.10. The fraction of sp³-hybridized carbons (Fsp3) is 0.276. The molecule has 0 radical (unpaired) electrons. The number of aryl methyl sites for hydroxylation is 1. The van der Waals surface area contributed by atoms with Crippen LogP contribution in [0.5, 0.6) is 11.5 Å². The molecule has 180 valence electrons. The molecule has 35 heavy (non-hydrogen) atoms. The van der Waals surface area contributed by atoms with Crippen LogP contribution in [0, 0.1) is 0 Å². The van der Waals surface area contributed by atoms with Crippen LogP contribution in [0.4, 0.5) is 11.4 Å². The Hall–Kier alpha value is -3.25. The van der Waals surface area contributed by atoms with E-state index >= 15 is 0 Å². The number of aromatic hydroxyl groups is 1. The summed E-state index contributed by atoms with van der Waals surface area (Å²) in [4.78, 5) is 13.8. The highest BCUT2D eigenvalue weighted by Crippen LogP contribution is 2.46. The van der Waals surface area contributed by atoms with Crippen molar-refractivity contribution in [3.63, 3.8) is 0 Å². The molecular formula is C29H29BrN2O3. The van der Waals surface area contributed by atoms with Gasteiger partial charge in [-0.15, -0.1) is 0 Å². The number of ether oxygens (including phenoxy) is 1. The molecule has 0 fully saturated rings. The van der Waals surface area contributed by atoms with Crippen molar-refractivity contribution in [1.82, 2.24) is 0 Å². The van der Waals surface area contributed by atoms with E-state index in [0.717, 1.165) is 41.1 Å².